The fourth-order valence-corrected chi connectivity index (χ4v) is 1.71. The Morgan fingerprint density at radius 1 is 1.69 bits per heavy atom. The molecule has 0 fully saturated rings. The Hall–Kier alpha value is -1.73. The molecule has 6 nitrogen and oxygen atoms in total. The van der Waals surface area contributed by atoms with Gasteiger partial charge in [-0.15, -0.1) is 5.10 Å². The number of carbonyl (C=O) groups is 1. The topological polar surface area (TPSA) is 85.8 Å². The molecule has 8 heteroatoms. The zero-order chi connectivity index (χ0) is 11.9. The van der Waals surface area contributed by atoms with Crippen LogP contribution in [0.1, 0.15) is 30.0 Å². The van der Waals surface area contributed by atoms with Gasteiger partial charge in [-0.05, 0) is 13.3 Å². The average molecular weight is 231 g/mol. The molecule has 1 aromatic heterocycles. The van der Waals surface area contributed by atoms with E-state index in [1.165, 1.54) is 0 Å². The van der Waals surface area contributed by atoms with Gasteiger partial charge in [0.2, 0.25) is 11.8 Å². The number of nitrogens with one attached hydrogen (secondary N) is 1. The number of fused-ring (bicyclic) bond motifs is 1. The molecule has 1 aliphatic rings. The highest BCUT2D eigenvalue weighted by Gasteiger charge is 2.33. The number of aromatic nitrogens is 3. The molecule has 0 bridgehead atoms. The zero-order valence-corrected chi connectivity index (χ0v) is 8.52. The summed E-state index contributed by atoms with van der Waals surface area (Å²) in [7, 11) is 0. The highest BCUT2D eigenvalue weighted by atomic mass is 19.3. The van der Waals surface area contributed by atoms with Crippen LogP contribution in [0.15, 0.2) is 0 Å². The third-order valence-corrected chi connectivity index (χ3v) is 2.43. The second kappa shape index (κ2) is 3.69. The molecule has 0 radical (unpaired) electrons. The minimum atomic E-state index is -2.55. The lowest BCUT2D eigenvalue weighted by Crippen LogP contribution is -2.33. The van der Waals surface area contributed by atoms with E-state index in [2.05, 4.69) is 15.4 Å². The first-order chi connectivity index (χ1) is 7.49. The SMILES string of the molecule is CC1CC(C(F)F)n2nc(C(N)=O)nc2N1. The van der Waals surface area contributed by atoms with Crippen LogP contribution in [0.4, 0.5) is 14.7 Å². The maximum absolute atomic E-state index is 12.8. The predicted octanol–water partition coefficient (Wildman–Crippen LogP) is 0.387. The number of primary amides is 1. The quantitative estimate of drug-likeness (QED) is 0.770. The van der Waals surface area contributed by atoms with Gasteiger partial charge < -0.3 is 11.1 Å². The summed E-state index contributed by atoms with van der Waals surface area (Å²) in [4.78, 5) is 14.6. The molecule has 2 rings (SSSR count). The van der Waals surface area contributed by atoms with Crippen LogP contribution in [0.2, 0.25) is 0 Å². The Morgan fingerprint density at radius 2 is 2.38 bits per heavy atom. The Kier molecular flexibility index (Phi) is 2.49. The molecule has 0 saturated carbocycles. The summed E-state index contributed by atoms with van der Waals surface area (Å²) in [5.74, 6) is -0.913. The molecule has 2 heterocycles. The molecule has 0 saturated heterocycles. The van der Waals surface area contributed by atoms with E-state index in [0.29, 0.717) is 0 Å². The number of alkyl halides is 2. The third kappa shape index (κ3) is 1.70. The Labute approximate surface area is 89.8 Å². The van der Waals surface area contributed by atoms with Crippen molar-refractivity contribution < 1.29 is 13.6 Å². The molecule has 88 valence electrons. The first-order valence-corrected chi connectivity index (χ1v) is 4.80. The third-order valence-electron chi connectivity index (χ3n) is 2.43. The van der Waals surface area contributed by atoms with E-state index >= 15 is 0 Å². The van der Waals surface area contributed by atoms with Crippen LogP contribution in [0.5, 0.6) is 0 Å². The van der Waals surface area contributed by atoms with Crippen molar-refractivity contribution in [1.82, 2.24) is 14.8 Å². The normalized spacial score (nSPS) is 24.0. The molecular formula is C8H11F2N5O. The van der Waals surface area contributed by atoms with Crippen LogP contribution in [0.25, 0.3) is 0 Å². The molecular weight excluding hydrogens is 220 g/mol. The predicted molar refractivity (Wildman–Crippen MR) is 51.3 cm³/mol. The highest BCUT2D eigenvalue weighted by molar-refractivity contribution is 5.89. The van der Waals surface area contributed by atoms with Crippen molar-refractivity contribution in [3.8, 4) is 0 Å². The van der Waals surface area contributed by atoms with E-state index in [9.17, 15) is 13.6 Å². The molecule has 1 amide bonds. The van der Waals surface area contributed by atoms with E-state index in [1.807, 2.05) is 0 Å². The summed E-state index contributed by atoms with van der Waals surface area (Å²) in [6.45, 7) is 1.76. The van der Waals surface area contributed by atoms with Gasteiger partial charge in [0.15, 0.2) is 0 Å². The molecule has 2 unspecified atom stereocenters. The largest absolute Gasteiger partial charge is 0.363 e. The average Bonchev–Trinajstić information content (AvgIpc) is 2.59. The number of amides is 1. The highest BCUT2D eigenvalue weighted by Crippen LogP contribution is 2.29. The van der Waals surface area contributed by atoms with Gasteiger partial charge in [0, 0.05) is 6.04 Å². The van der Waals surface area contributed by atoms with Crippen LogP contribution in [-0.2, 0) is 0 Å². The number of halogens is 2. The second-order valence-electron chi connectivity index (χ2n) is 3.75. The number of hydrogen-bond donors (Lipinski definition) is 2. The lowest BCUT2D eigenvalue weighted by Gasteiger charge is -2.28. The molecule has 1 aliphatic heterocycles. The second-order valence-corrected chi connectivity index (χ2v) is 3.75. The summed E-state index contributed by atoms with van der Waals surface area (Å²) in [6.07, 6.45) is -2.32. The van der Waals surface area contributed by atoms with Gasteiger partial charge in [0.25, 0.3) is 12.3 Å². The number of nitrogens with zero attached hydrogens (tertiary/aromatic N) is 3. The maximum atomic E-state index is 12.8. The molecule has 1 aromatic rings. The first-order valence-electron chi connectivity index (χ1n) is 4.80. The summed E-state index contributed by atoms with van der Waals surface area (Å²) >= 11 is 0. The van der Waals surface area contributed by atoms with Crippen molar-refractivity contribution in [3.63, 3.8) is 0 Å². The Morgan fingerprint density at radius 3 is 2.94 bits per heavy atom. The maximum Gasteiger partial charge on any atom is 0.288 e. The molecule has 0 spiro atoms. The zero-order valence-electron chi connectivity index (χ0n) is 8.52. The van der Waals surface area contributed by atoms with E-state index < -0.39 is 18.4 Å². The van der Waals surface area contributed by atoms with Crippen LogP contribution in [0, 0.1) is 0 Å². The Bertz CT molecular complexity index is 419. The van der Waals surface area contributed by atoms with E-state index in [4.69, 9.17) is 5.73 Å². The number of rotatable bonds is 2. The monoisotopic (exact) mass is 231 g/mol. The summed E-state index contributed by atoms with van der Waals surface area (Å²) in [5, 5.41) is 6.54. The minimum absolute atomic E-state index is 0.142. The van der Waals surface area contributed by atoms with Crippen molar-refractivity contribution in [1.29, 1.82) is 0 Å². The van der Waals surface area contributed by atoms with Gasteiger partial charge in [-0.3, -0.25) is 4.79 Å². The fraction of sp³-hybridized carbons (Fsp3) is 0.625. The van der Waals surface area contributed by atoms with Crippen LogP contribution in [0.3, 0.4) is 0 Å². The van der Waals surface area contributed by atoms with Gasteiger partial charge >= 0.3 is 0 Å². The van der Waals surface area contributed by atoms with Gasteiger partial charge in [0.05, 0.1) is 0 Å². The van der Waals surface area contributed by atoms with Crippen molar-refractivity contribution in [2.45, 2.75) is 31.9 Å². The summed E-state index contributed by atoms with van der Waals surface area (Å²) < 4.78 is 26.5. The van der Waals surface area contributed by atoms with Gasteiger partial charge in [-0.25, -0.2) is 13.5 Å². The minimum Gasteiger partial charge on any atom is -0.363 e. The number of carbonyl (C=O) groups excluding carboxylic acids is 1. The van der Waals surface area contributed by atoms with Crippen LogP contribution < -0.4 is 11.1 Å². The number of anilines is 1. The van der Waals surface area contributed by atoms with Gasteiger partial charge in [-0.2, -0.15) is 4.98 Å². The molecule has 16 heavy (non-hydrogen) atoms. The van der Waals surface area contributed by atoms with Crippen LogP contribution >= 0.6 is 0 Å². The number of nitrogens with two attached hydrogens (primary N) is 1. The molecule has 3 N–H and O–H groups in total. The smallest absolute Gasteiger partial charge is 0.288 e. The molecule has 0 aromatic carbocycles. The van der Waals surface area contributed by atoms with Crippen molar-refractivity contribution in [2.75, 3.05) is 5.32 Å². The van der Waals surface area contributed by atoms with Crippen LogP contribution in [-0.4, -0.2) is 33.1 Å². The van der Waals surface area contributed by atoms with E-state index in [-0.39, 0.29) is 24.2 Å². The lowest BCUT2D eigenvalue weighted by atomic mass is 10.1. The molecule has 2 atom stereocenters. The Balaban J connectivity index is 2.41. The lowest BCUT2D eigenvalue weighted by molar-refractivity contribution is 0.0662. The summed E-state index contributed by atoms with van der Waals surface area (Å²) in [6, 6.07) is -1.21. The van der Waals surface area contributed by atoms with Crippen molar-refractivity contribution in [2.24, 2.45) is 5.73 Å². The van der Waals surface area contributed by atoms with E-state index in [0.717, 1.165) is 4.68 Å². The fourth-order valence-electron chi connectivity index (χ4n) is 1.71. The first kappa shape index (κ1) is 10.8. The number of hydrogen-bond acceptors (Lipinski definition) is 4. The standard InChI is InChI=1S/C8H11F2N5O/c1-3-2-4(5(9)10)15-8(12-3)13-7(14-15)6(11)16/h3-5H,2H2,1H3,(H2,11,16)(H,12,13,14). The van der Waals surface area contributed by atoms with Gasteiger partial charge in [0.1, 0.15) is 6.04 Å². The van der Waals surface area contributed by atoms with Crippen molar-refractivity contribution in [3.05, 3.63) is 5.82 Å². The van der Waals surface area contributed by atoms with Crippen molar-refractivity contribution >= 4 is 11.9 Å². The molecule has 0 aliphatic carbocycles. The van der Waals surface area contributed by atoms with E-state index in [1.54, 1.807) is 6.92 Å². The van der Waals surface area contributed by atoms with Gasteiger partial charge in [-0.1, -0.05) is 0 Å². The summed E-state index contributed by atoms with van der Waals surface area (Å²) in [5.41, 5.74) is 4.99.